The number of aryl methyl sites for hydroxylation is 1. The quantitative estimate of drug-likeness (QED) is 0.272. The van der Waals surface area contributed by atoms with Crippen molar-refractivity contribution in [3.8, 4) is 5.88 Å². The van der Waals surface area contributed by atoms with Crippen LogP contribution < -0.4 is 21.9 Å². The van der Waals surface area contributed by atoms with Gasteiger partial charge in [0.25, 0.3) is 5.56 Å². The van der Waals surface area contributed by atoms with E-state index in [0.717, 1.165) is 11.3 Å². The summed E-state index contributed by atoms with van der Waals surface area (Å²) in [4.78, 5) is 35.6. The fourth-order valence-corrected chi connectivity index (χ4v) is 3.53. The number of hydrogen-bond donors (Lipinski definition) is 4. The molecule has 11 heteroatoms. The molecule has 2 aromatic carbocycles. The van der Waals surface area contributed by atoms with E-state index in [2.05, 4.69) is 35.8 Å². The lowest BCUT2D eigenvalue weighted by molar-refractivity contribution is 0.406. The topological polar surface area (TPSA) is 150 Å². The van der Waals surface area contributed by atoms with Gasteiger partial charge in [0.05, 0.1) is 5.69 Å². The Labute approximate surface area is 206 Å². The molecule has 0 atom stereocenters. The fraction of sp³-hybridized carbons (Fsp3) is 0.200. The lowest BCUT2D eigenvalue weighted by atomic mass is 10.1. The molecule has 0 aliphatic heterocycles. The van der Waals surface area contributed by atoms with Crippen LogP contribution in [0.15, 0.2) is 68.3 Å². The second kappa shape index (κ2) is 10.2. The summed E-state index contributed by atoms with van der Waals surface area (Å²) in [6.45, 7) is 7.40. The molecule has 0 aliphatic carbocycles. The van der Waals surface area contributed by atoms with E-state index in [-0.39, 0.29) is 23.5 Å². The molecule has 2 aromatic heterocycles. The number of benzene rings is 2. The van der Waals surface area contributed by atoms with Gasteiger partial charge in [-0.15, -0.1) is 5.11 Å². The van der Waals surface area contributed by atoms with Crippen LogP contribution in [0.3, 0.4) is 0 Å². The van der Waals surface area contributed by atoms with Gasteiger partial charge in [-0.25, -0.2) is 4.79 Å². The minimum Gasteiger partial charge on any atom is -0.494 e. The van der Waals surface area contributed by atoms with Crippen molar-refractivity contribution in [3.05, 3.63) is 86.1 Å². The zero-order valence-corrected chi connectivity index (χ0v) is 20.3. The fourth-order valence-electron chi connectivity index (χ4n) is 3.53. The third kappa shape index (κ3) is 5.14. The van der Waals surface area contributed by atoms with Crippen LogP contribution in [0.5, 0.6) is 5.88 Å². The van der Waals surface area contributed by atoms with Crippen molar-refractivity contribution >= 4 is 34.6 Å². The maximum absolute atomic E-state index is 12.8. The van der Waals surface area contributed by atoms with Crippen molar-refractivity contribution in [1.82, 2.24) is 19.5 Å². The van der Waals surface area contributed by atoms with Gasteiger partial charge in [-0.05, 0) is 63.1 Å². The zero-order chi connectivity index (χ0) is 25.8. The van der Waals surface area contributed by atoms with Gasteiger partial charge in [-0.2, -0.15) is 15.1 Å². The molecular formula is C25H26N8O3. The van der Waals surface area contributed by atoms with E-state index in [1.54, 1.807) is 32.9 Å². The summed E-state index contributed by atoms with van der Waals surface area (Å²) in [5.74, 6) is 0.266. The second-order valence-electron chi connectivity index (χ2n) is 8.11. The van der Waals surface area contributed by atoms with Gasteiger partial charge in [0.15, 0.2) is 11.6 Å². The SMILES string of the molecule is CCn1c(O)c(C)c(C)c(N=Nc2cc(Nc3nc(Nc4ccccc4)nc(=O)[nH]3)ccc2C)c1=O. The largest absolute Gasteiger partial charge is 0.494 e. The molecule has 0 spiro atoms. The van der Waals surface area contributed by atoms with Gasteiger partial charge < -0.3 is 15.7 Å². The lowest BCUT2D eigenvalue weighted by Gasteiger charge is -2.12. The number of pyridine rings is 1. The third-order valence-electron chi connectivity index (χ3n) is 5.68. The summed E-state index contributed by atoms with van der Waals surface area (Å²) < 4.78 is 1.26. The molecule has 4 N–H and O–H groups in total. The number of H-pyrrole nitrogens is 1. The number of nitrogens with one attached hydrogen (secondary N) is 3. The van der Waals surface area contributed by atoms with Gasteiger partial charge >= 0.3 is 5.69 Å². The predicted octanol–water partition coefficient (Wildman–Crippen LogP) is 4.88. The van der Waals surface area contributed by atoms with Crippen LogP contribution >= 0.6 is 0 Å². The number of azo groups is 1. The van der Waals surface area contributed by atoms with Crippen LogP contribution in [0.2, 0.25) is 0 Å². The first kappa shape index (κ1) is 24.3. The van der Waals surface area contributed by atoms with Crippen molar-refractivity contribution in [2.24, 2.45) is 10.2 Å². The first-order chi connectivity index (χ1) is 17.3. The van der Waals surface area contributed by atoms with Crippen LogP contribution in [0, 0.1) is 20.8 Å². The minimum atomic E-state index is -0.566. The van der Waals surface area contributed by atoms with Crippen molar-refractivity contribution in [2.45, 2.75) is 34.2 Å². The van der Waals surface area contributed by atoms with Crippen molar-refractivity contribution in [1.29, 1.82) is 0 Å². The summed E-state index contributed by atoms with van der Waals surface area (Å²) >= 11 is 0. The lowest BCUT2D eigenvalue weighted by Crippen LogP contribution is -2.20. The molecule has 36 heavy (non-hydrogen) atoms. The molecule has 0 amide bonds. The second-order valence-corrected chi connectivity index (χ2v) is 8.11. The number of rotatable bonds is 7. The van der Waals surface area contributed by atoms with Crippen LogP contribution in [0.1, 0.15) is 23.6 Å². The Morgan fingerprint density at radius 2 is 1.69 bits per heavy atom. The first-order valence-corrected chi connectivity index (χ1v) is 11.3. The standard InChI is InChI=1S/C25H26N8O3/c1-5-33-21(34)16(4)15(3)20(22(33)35)32-31-19-13-18(12-11-14(19)2)27-24-28-23(29-25(36)30-24)26-17-9-7-6-8-10-17/h6-13,34H,5H2,1-4H3,(H3,26,27,28,29,30,36). The van der Waals surface area contributed by atoms with E-state index in [0.29, 0.717) is 29.0 Å². The monoisotopic (exact) mass is 486 g/mol. The number of aromatic hydroxyl groups is 1. The number of hydrogen-bond acceptors (Lipinski definition) is 9. The summed E-state index contributed by atoms with van der Waals surface area (Å²) in [5.41, 5.74) is 3.02. The number of nitrogens with zero attached hydrogens (tertiary/aromatic N) is 5. The highest BCUT2D eigenvalue weighted by Gasteiger charge is 2.15. The Kier molecular flexibility index (Phi) is 6.91. The Bertz CT molecular complexity index is 1560. The van der Waals surface area contributed by atoms with Gasteiger partial charge in [-0.1, -0.05) is 24.3 Å². The number of para-hydroxylation sites is 1. The highest BCUT2D eigenvalue weighted by atomic mass is 16.3. The molecule has 4 aromatic rings. The maximum Gasteiger partial charge on any atom is 0.351 e. The van der Waals surface area contributed by atoms with Crippen LogP contribution in [-0.2, 0) is 6.54 Å². The van der Waals surface area contributed by atoms with Crippen LogP contribution in [-0.4, -0.2) is 24.6 Å². The van der Waals surface area contributed by atoms with Crippen molar-refractivity contribution in [3.63, 3.8) is 0 Å². The Balaban J connectivity index is 1.63. The molecule has 0 saturated heterocycles. The summed E-state index contributed by atoms with van der Waals surface area (Å²) in [6, 6.07) is 14.6. The highest BCUT2D eigenvalue weighted by Crippen LogP contribution is 2.29. The van der Waals surface area contributed by atoms with E-state index in [4.69, 9.17) is 0 Å². The maximum atomic E-state index is 12.8. The molecule has 0 radical (unpaired) electrons. The van der Waals surface area contributed by atoms with Gasteiger partial charge in [0.2, 0.25) is 11.9 Å². The molecule has 0 unspecified atom stereocenters. The molecular weight excluding hydrogens is 460 g/mol. The first-order valence-electron chi connectivity index (χ1n) is 11.3. The molecule has 2 heterocycles. The van der Waals surface area contributed by atoms with Crippen LogP contribution in [0.25, 0.3) is 0 Å². The van der Waals surface area contributed by atoms with E-state index in [1.165, 1.54) is 4.57 Å². The number of aromatic amines is 1. The highest BCUT2D eigenvalue weighted by molar-refractivity contribution is 5.63. The molecule has 0 saturated carbocycles. The van der Waals surface area contributed by atoms with Gasteiger partial charge in [-0.3, -0.25) is 14.3 Å². The molecule has 0 fully saturated rings. The number of anilines is 4. The predicted molar refractivity (Wildman–Crippen MR) is 139 cm³/mol. The van der Waals surface area contributed by atoms with Crippen molar-refractivity contribution < 1.29 is 5.11 Å². The molecule has 0 bridgehead atoms. The normalized spacial score (nSPS) is 11.1. The van der Waals surface area contributed by atoms with Crippen LogP contribution in [0.4, 0.5) is 34.6 Å². The number of aromatic nitrogens is 4. The van der Waals surface area contributed by atoms with Gasteiger partial charge in [0, 0.05) is 23.5 Å². The van der Waals surface area contributed by atoms with E-state index in [1.807, 2.05) is 43.3 Å². The van der Waals surface area contributed by atoms with E-state index < -0.39 is 11.2 Å². The Morgan fingerprint density at radius 3 is 2.42 bits per heavy atom. The average molecular weight is 487 g/mol. The molecule has 4 rings (SSSR count). The average Bonchev–Trinajstić information content (AvgIpc) is 2.85. The minimum absolute atomic E-state index is 0.0682. The van der Waals surface area contributed by atoms with Crippen molar-refractivity contribution in [2.75, 3.05) is 10.6 Å². The zero-order valence-electron chi connectivity index (χ0n) is 20.3. The third-order valence-corrected chi connectivity index (χ3v) is 5.68. The Morgan fingerprint density at radius 1 is 0.944 bits per heavy atom. The van der Waals surface area contributed by atoms with E-state index in [9.17, 15) is 14.7 Å². The summed E-state index contributed by atoms with van der Waals surface area (Å²) in [7, 11) is 0. The molecule has 184 valence electrons. The summed E-state index contributed by atoms with van der Waals surface area (Å²) in [5, 5.41) is 24.8. The molecule has 11 nitrogen and oxygen atoms in total. The Hall–Kier alpha value is -4.80. The molecule has 0 aliphatic rings. The van der Waals surface area contributed by atoms with Gasteiger partial charge in [0.1, 0.15) is 0 Å². The van der Waals surface area contributed by atoms with E-state index >= 15 is 0 Å². The smallest absolute Gasteiger partial charge is 0.351 e. The summed E-state index contributed by atoms with van der Waals surface area (Å²) in [6.07, 6.45) is 0.